The Labute approximate surface area is 155 Å². The number of carboxylic acids is 2. The van der Waals surface area contributed by atoms with Gasteiger partial charge in [0.25, 0.3) is 0 Å². The summed E-state index contributed by atoms with van der Waals surface area (Å²) in [5, 5.41) is 18.5. The van der Waals surface area contributed by atoms with Gasteiger partial charge in [-0.25, -0.2) is 14.6 Å². The first-order valence-electron chi connectivity index (χ1n) is 7.01. The molecule has 0 radical (unpaired) electrons. The third kappa shape index (κ3) is 3.79. The minimum absolute atomic E-state index is 0.0168. The van der Waals surface area contributed by atoms with E-state index in [1.165, 1.54) is 30.5 Å². The number of nitrogens with zero attached hydrogens (tertiary/aromatic N) is 3. The van der Waals surface area contributed by atoms with Crippen LogP contribution in [0.4, 0.5) is 0 Å². The van der Waals surface area contributed by atoms with E-state index in [9.17, 15) is 14.7 Å². The molecule has 3 rings (SSSR count). The van der Waals surface area contributed by atoms with Gasteiger partial charge in [-0.2, -0.15) is 0 Å². The molecule has 2 N–H and O–H groups in total. The van der Waals surface area contributed by atoms with E-state index >= 15 is 0 Å². The molecule has 0 atom stereocenters. The highest BCUT2D eigenvalue weighted by Gasteiger charge is 2.14. The quantitative estimate of drug-likeness (QED) is 0.591. The zero-order valence-electron chi connectivity index (χ0n) is 12.5. The minimum atomic E-state index is -1.12. The highest BCUT2D eigenvalue weighted by molar-refractivity contribution is 14.1. The molecule has 0 aliphatic rings. The number of aromatic nitrogens is 3. The van der Waals surface area contributed by atoms with Gasteiger partial charge >= 0.3 is 11.9 Å². The van der Waals surface area contributed by atoms with Crippen LogP contribution in [0.5, 0.6) is 0 Å². The maximum absolute atomic E-state index is 11.4. The van der Waals surface area contributed by atoms with Gasteiger partial charge in [0.15, 0.2) is 0 Å². The van der Waals surface area contributed by atoms with Gasteiger partial charge < -0.3 is 10.2 Å². The molecule has 0 aliphatic carbocycles. The second kappa shape index (κ2) is 6.93. The van der Waals surface area contributed by atoms with Crippen LogP contribution in [0.2, 0.25) is 0 Å². The van der Waals surface area contributed by atoms with E-state index in [1.54, 1.807) is 12.3 Å². The monoisotopic (exact) mass is 447 g/mol. The van der Waals surface area contributed by atoms with Crippen molar-refractivity contribution in [3.05, 3.63) is 63.5 Å². The zero-order chi connectivity index (χ0) is 18.0. The normalized spacial score (nSPS) is 10.4. The molecule has 7 nitrogen and oxygen atoms in total. The lowest BCUT2D eigenvalue weighted by molar-refractivity contribution is 0.0686. The molecule has 0 bridgehead atoms. The maximum atomic E-state index is 11.4. The van der Waals surface area contributed by atoms with Crippen LogP contribution < -0.4 is 0 Å². The minimum Gasteiger partial charge on any atom is -0.478 e. The molecule has 0 fully saturated rings. The Bertz CT molecular complexity index is 991. The number of carbonyl (C=O) groups is 2. The molecule has 25 heavy (non-hydrogen) atoms. The van der Waals surface area contributed by atoms with Gasteiger partial charge in [0.1, 0.15) is 0 Å². The van der Waals surface area contributed by atoms with Crippen molar-refractivity contribution in [1.29, 1.82) is 0 Å². The molecule has 0 amide bonds. The van der Waals surface area contributed by atoms with Crippen LogP contribution >= 0.6 is 22.6 Å². The van der Waals surface area contributed by atoms with Crippen molar-refractivity contribution in [3.8, 4) is 22.8 Å². The molecule has 124 valence electrons. The summed E-state index contributed by atoms with van der Waals surface area (Å²) in [6.07, 6.45) is 2.95. The zero-order valence-corrected chi connectivity index (χ0v) is 14.7. The number of halogens is 1. The Balaban J connectivity index is 2.18. The topological polar surface area (TPSA) is 113 Å². The van der Waals surface area contributed by atoms with Gasteiger partial charge in [-0.3, -0.25) is 9.97 Å². The molecule has 8 heteroatoms. The lowest BCUT2D eigenvalue weighted by Crippen LogP contribution is -2.02. The fraction of sp³-hybridized carbons (Fsp3) is 0. The van der Waals surface area contributed by atoms with Crippen LogP contribution in [0.15, 0.2) is 48.8 Å². The Morgan fingerprint density at radius 3 is 1.84 bits per heavy atom. The van der Waals surface area contributed by atoms with Gasteiger partial charge in [0, 0.05) is 16.0 Å². The van der Waals surface area contributed by atoms with Crippen molar-refractivity contribution in [2.24, 2.45) is 0 Å². The largest absolute Gasteiger partial charge is 0.478 e. The van der Waals surface area contributed by atoms with Crippen molar-refractivity contribution in [1.82, 2.24) is 15.0 Å². The molecular formula is C17H10IN3O4. The van der Waals surface area contributed by atoms with E-state index < -0.39 is 11.9 Å². The van der Waals surface area contributed by atoms with Crippen LogP contribution in [0.25, 0.3) is 22.8 Å². The number of aromatic carboxylic acids is 2. The van der Waals surface area contributed by atoms with Crippen molar-refractivity contribution in [2.45, 2.75) is 0 Å². The van der Waals surface area contributed by atoms with Gasteiger partial charge in [0.05, 0.1) is 33.9 Å². The summed E-state index contributed by atoms with van der Waals surface area (Å²) in [6, 6.07) is 9.07. The number of pyridine rings is 3. The van der Waals surface area contributed by atoms with Crippen molar-refractivity contribution in [2.75, 3.05) is 0 Å². The molecule has 3 heterocycles. The first-order chi connectivity index (χ1) is 11.9. The molecule has 0 unspecified atom stereocenters. The summed E-state index contributed by atoms with van der Waals surface area (Å²) < 4.78 is 0.928. The molecule has 0 saturated heterocycles. The van der Waals surface area contributed by atoms with Crippen LogP contribution in [0.1, 0.15) is 20.7 Å². The number of hydrogen-bond donors (Lipinski definition) is 2. The van der Waals surface area contributed by atoms with E-state index in [4.69, 9.17) is 5.11 Å². The Kier molecular flexibility index (Phi) is 4.70. The molecule has 3 aromatic rings. The maximum Gasteiger partial charge on any atom is 0.335 e. The van der Waals surface area contributed by atoms with Gasteiger partial charge in [-0.05, 0) is 59.0 Å². The van der Waals surface area contributed by atoms with Crippen LogP contribution in [-0.2, 0) is 0 Å². The summed E-state index contributed by atoms with van der Waals surface area (Å²) in [5.41, 5.74) is 1.49. The predicted molar refractivity (Wildman–Crippen MR) is 97.3 cm³/mol. The summed E-state index contributed by atoms with van der Waals surface area (Å²) in [5.74, 6) is -2.22. The average molecular weight is 447 g/mol. The molecule has 0 saturated carbocycles. The highest BCUT2D eigenvalue weighted by atomic mass is 127. The van der Waals surface area contributed by atoms with Gasteiger partial charge in [-0.1, -0.05) is 0 Å². The molecular weight excluding hydrogens is 437 g/mol. The lowest BCUT2D eigenvalue weighted by Gasteiger charge is -2.07. The smallest absolute Gasteiger partial charge is 0.335 e. The fourth-order valence-corrected chi connectivity index (χ4v) is 2.62. The Morgan fingerprint density at radius 1 is 0.760 bits per heavy atom. The summed E-state index contributed by atoms with van der Waals surface area (Å²) in [6.45, 7) is 0. The summed E-state index contributed by atoms with van der Waals surface area (Å²) in [7, 11) is 0. The van der Waals surface area contributed by atoms with Crippen molar-refractivity contribution >= 4 is 34.5 Å². The summed E-state index contributed by atoms with van der Waals surface area (Å²) in [4.78, 5) is 35.3. The first kappa shape index (κ1) is 17.0. The predicted octanol–water partition coefficient (Wildman–Crippen LogP) is 3.21. The summed E-state index contributed by atoms with van der Waals surface area (Å²) >= 11 is 2.12. The lowest BCUT2D eigenvalue weighted by atomic mass is 10.1. The van der Waals surface area contributed by atoms with Crippen LogP contribution in [0.3, 0.4) is 0 Å². The highest BCUT2D eigenvalue weighted by Crippen LogP contribution is 2.24. The molecule has 3 aromatic heterocycles. The van der Waals surface area contributed by atoms with E-state index in [2.05, 4.69) is 37.5 Å². The Morgan fingerprint density at radius 2 is 1.28 bits per heavy atom. The van der Waals surface area contributed by atoms with E-state index in [-0.39, 0.29) is 22.5 Å². The number of carboxylic acid groups (broad SMARTS) is 2. The van der Waals surface area contributed by atoms with Gasteiger partial charge in [0.2, 0.25) is 0 Å². The fourth-order valence-electron chi connectivity index (χ4n) is 2.16. The van der Waals surface area contributed by atoms with Crippen LogP contribution in [0, 0.1) is 3.57 Å². The van der Waals surface area contributed by atoms with Crippen molar-refractivity contribution in [3.63, 3.8) is 0 Å². The SMILES string of the molecule is O=C(O)c1ccnc(-c2cc(C(=O)O)cc(-c3cc(I)ccn3)n2)c1. The van der Waals surface area contributed by atoms with E-state index in [0.717, 1.165) is 3.57 Å². The van der Waals surface area contributed by atoms with E-state index in [0.29, 0.717) is 11.4 Å². The third-order valence-electron chi connectivity index (χ3n) is 3.33. The molecule has 0 aromatic carbocycles. The van der Waals surface area contributed by atoms with Crippen LogP contribution in [-0.4, -0.2) is 37.1 Å². The standard InChI is InChI=1S/C17H10IN3O4/c18-11-2-4-20-13(8-11)15-7-10(17(24)25)6-14(21-15)12-5-9(16(22)23)1-3-19-12/h1-8H,(H,22,23)(H,24,25). The average Bonchev–Trinajstić information content (AvgIpc) is 2.61. The van der Waals surface area contributed by atoms with Gasteiger partial charge in [-0.15, -0.1) is 0 Å². The van der Waals surface area contributed by atoms with Crippen molar-refractivity contribution < 1.29 is 19.8 Å². The first-order valence-corrected chi connectivity index (χ1v) is 8.09. The second-order valence-electron chi connectivity index (χ2n) is 5.03. The Hall–Kier alpha value is -2.88. The number of hydrogen-bond acceptors (Lipinski definition) is 5. The van der Waals surface area contributed by atoms with E-state index in [1.807, 2.05) is 6.07 Å². The second-order valence-corrected chi connectivity index (χ2v) is 6.27. The molecule has 0 spiro atoms. The third-order valence-corrected chi connectivity index (χ3v) is 4.00. The molecule has 0 aliphatic heterocycles. The number of rotatable bonds is 4.